The van der Waals surface area contributed by atoms with Gasteiger partial charge in [0.15, 0.2) is 11.0 Å². The Morgan fingerprint density at radius 3 is 2.74 bits per heavy atom. The second-order valence-electron chi connectivity index (χ2n) is 5.65. The van der Waals surface area contributed by atoms with Crippen molar-refractivity contribution in [3.05, 3.63) is 41.7 Å². The smallest absolute Gasteiger partial charge is 0.176 e. The van der Waals surface area contributed by atoms with Crippen LogP contribution in [0.15, 0.2) is 35.3 Å². The fourth-order valence-corrected chi connectivity index (χ4v) is 3.56. The molecule has 4 nitrogen and oxygen atoms in total. The van der Waals surface area contributed by atoms with Crippen molar-refractivity contribution < 1.29 is 9.18 Å². The minimum absolute atomic E-state index is 0.0385. The predicted octanol–water partition coefficient (Wildman–Crippen LogP) is 3.34. The fourth-order valence-electron chi connectivity index (χ4n) is 2.91. The zero-order valence-corrected chi connectivity index (χ0v) is 13.7. The lowest BCUT2D eigenvalue weighted by Gasteiger charge is -2.37. The number of carbonyl (C=O) groups excluding carboxylic acids is 1. The topological polar surface area (TPSA) is 56.5 Å². The third-order valence-corrected chi connectivity index (χ3v) is 4.88. The van der Waals surface area contributed by atoms with Crippen LogP contribution in [0, 0.1) is 11.2 Å². The van der Waals surface area contributed by atoms with Gasteiger partial charge in [0, 0.05) is 31.0 Å². The van der Waals surface area contributed by atoms with Gasteiger partial charge in [-0.15, -0.1) is 0 Å². The van der Waals surface area contributed by atoms with Gasteiger partial charge >= 0.3 is 0 Å². The van der Waals surface area contributed by atoms with Gasteiger partial charge in [0.2, 0.25) is 0 Å². The normalized spacial score (nSPS) is 22.0. The first-order chi connectivity index (χ1) is 11.1. The Hall–Kier alpha value is -1.95. The molecule has 3 rings (SSSR count). The summed E-state index contributed by atoms with van der Waals surface area (Å²) < 4.78 is 13.1. The summed E-state index contributed by atoms with van der Waals surface area (Å²) in [4.78, 5) is 18.4. The number of halogens is 1. The second-order valence-corrected chi connectivity index (χ2v) is 6.42. The number of hydrogen-bond acceptors (Lipinski definition) is 5. The van der Waals surface area contributed by atoms with E-state index in [9.17, 15) is 9.18 Å². The Labute approximate surface area is 139 Å². The molecule has 1 unspecified atom stereocenters. The molecule has 120 valence electrons. The second kappa shape index (κ2) is 6.66. The van der Waals surface area contributed by atoms with Gasteiger partial charge in [-0.25, -0.2) is 9.38 Å². The number of ketones is 1. The van der Waals surface area contributed by atoms with Crippen LogP contribution >= 0.6 is 11.8 Å². The number of hydrogen-bond donors (Lipinski definition) is 1. The minimum atomic E-state index is -0.258. The van der Waals surface area contributed by atoms with Crippen LogP contribution in [0.5, 0.6) is 0 Å². The van der Waals surface area contributed by atoms with E-state index in [2.05, 4.69) is 9.89 Å². The summed E-state index contributed by atoms with van der Waals surface area (Å²) in [5.41, 5.74) is 1.95. The average molecular weight is 331 g/mol. The molecule has 6 heteroatoms. The molecule has 1 N–H and O–H groups in total. The lowest BCUT2D eigenvalue weighted by Crippen LogP contribution is -2.45. The first-order valence-corrected chi connectivity index (χ1v) is 8.77. The molecule has 1 aliphatic carbocycles. The lowest BCUT2D eigenvalue weighted by atomic mass is 9.91. The summed E-state index contributed by atoms with van der Waals surface area (Å²) in [6, 6.07) is 6.48. The molecule has 0 bridgehead atoms. The van der Waals surface area contributed by atoms with E-state index >= 15 is 0 Å². The number of nitrogens with one attached hydrogen (secondary N) is 1. The van der Waals surface area contributed by atoms with E-state index in [1.807, 2.05) is 12.3 Å². The quantitative estimate of drug-likeness (QED) is 0.904. The van der Waals surface area contributed by atoms with Crippen LogP contribution in [-0.4, -0.2) is 40.4 Å². The Balaban J connectivity index is 1.79. The van der Waals surface area contributed by atoms with E-state index in [1.165, 1.54) is 12.1 Å². The number of nitrogens with zero attached hydrogens (tertiary/aromatic N) is 2. The maximum absolute atomic E-state index is 13.1. The van der Waals surface area contributed by atoms with E-state index in [0.717, 1.165) is 22.8 Å². The Morgan fingerprint density at radius 2 is 2.09 bits per heavy atom. The van der Waals surface area contributed by atoms with Gasteiger partial charge in [-0.05, 0) is 43.0 Å². The predicted molar refractivity (Wildman–Crippen MR) is 92.4 cm³/mol. The highest BCUT2D eigenvalue weighted by atomic mass is 32.2. The molecule has 1 saturated carbocycles. The minimum Gasteiger partial charge on any atom is -0.344 e. The van der Waals surface area contributed by atoms with Crippen molar-refractivity contribution in [2.45, 2.75) is 25.3 Å². The van der Waals surface area contributed by atoms with Crippen molar-refractivity contribution in [2.75, 3.05) is 12.8 Å². The van der Waals surface area contributed by atoms with E-state index < -0.39 is 0 Å². The average Bonchev–Trinajstić information content (AvgIpc) is 2.57. The first kappa shape index (κ1) is 15.9. The molecule has 1 atom stereocenters. The van der Waals surface area contributed by atoms with Crippen molar-refractivity contribution in [3.8, 4) is 0 Å². The molecule has 1 aromatic rings. The summed E-state index contributed by atoms with van der Waals surface area (Å²) in [5, 5.41) is 8.68. The van der Waals surface area contributed by atoms with Gasteiger partial charge in [-0.2, -0.15) is 0 Å². The van der Waals surface area contributed by atoms with Crippen molar-refractivity contribution in [1.29, 1.82) is 5.41 Å². The number of carbonyl (C=O) groups is 1. The van der Waals surface area contributed by atoms with Gasteiger partial charge in [-0.1, -0.05) is 11.8 Å². The van der Waals surface area contributed by atoms with Crippen LogP contribution in [0.3, 0.4) is 0 Å². The molecular formula is C17H18FN3OS. The number of aliphatic imine (C=N–C) groups is 1. The van der Waals surface area contributed by atoms with Gasteiger partial charge in [0.25, 0.3) is 0 Å². The van der Waals surface area contributed by atoms with E-state index in [1.54, 1.807) is 23.9 Å². The van der Waals surface area contributed by atoms with E-state index in [-0.39, 0.29) is 23.4 Å². The Morgan fingerprint density at radius 1 is 1.35 bits per heavy atom. The molecule has 1 heterocycles. The maximum Gasteiger partial charge on any atom is 0.176 e. The molecule has 0 amide bonds. The first-order valence-electron chi connectivity index (χ1n) is 7.54. The Bertz CT molecular complexity index is 696. The lowest BCUT2D eigenvalue weighted by molar-refractivity contribution is -0.114. The number of thioether (sulfide) groups is 1. The summed E-state index contributed by atoms with van der Waals surface area (Å²) in [6.07, 6.45) is 5.68. The molecule has 1 fully saturated rings. The number of rotatable bonds is 2. The molecule has 0 radical (unpaired) electrons. The largest absolute Gasteiger partial charge is 0.344 e. The number of amidine groups is 1. The van der Waals surface area contributed by atoms with Crippen molar-refractivity contribution in [3.63, 3.8) is 0 Å². The third kappa shape index (κ3) is 3.37. The van der Waals surface area contributed by atoms with Crippen molar-refractivity contribution in [2.24, 2.45) is 4.99 Å². The fraction of sp³-hybridized carbons (Fsp3) is 0.353. The highest BCUT2D eigenvalue weighted by Crippen LogP contribution is 2.28. The number of Topliss-reactive ketones (excluding diaryl/α,β-unsaturated/α-hetero) is 1. The SMILES string of the molecule is CSC1=NC(c2ccc(F)cc2)=CCN1C1CCC(=O)C(=N)C1. The summed E-state index contributed by atoms with van der Waals surface area (Å²) in [6.45, 7) is 0.693. The van der Waals surface area contributed by atoms with E-state index in [0.29, 0.717) is 19.4 Å². The van der Waals surface area contributed by atoms with Crippen molar-refractivity contribution in [1.82, 2.24) is 4.90 Å². The van der Waals surface area contributed by atoms with Gasteiger partial charge in [-0.3, -0.25) is 4.79 Å². The molecule has 1 aliphatic heterocycles. The monoisotopic (exact) mass is 331 g/mol. The van der Waals surface area contributed by atoms with E-state index in [4.69, 9.17) is 5.41 Å². The third-order valence-electron chi connectivity index (χ3n) is 4.19. The van der Waals surface area contributed by atoms with Gasteiger partial charge in [0.05, 0.1) is 11.4 Å². The van der Waals surface area contributed by atoms with Crippen LogP contribution in [0.4, 0.5) is 4.39 Å². The standard InChI is InChI=1S/C17H18FN3OS/c1-23-17-20-15(11-2-4-12(18)5-3-11)8-9-21(17)13-6-7-16(22)14(19)10-13/h2-5,8,13,19H,6-7,9-10H2,1H3. The van der Waals surface area contributed by atoms with Crippen LogP contribution in [0.1, 0.15) is 24.8 Å². The number of benzene rings is 1. The summed E-state index contributed by atoms with van der Waals surface area (Å²) >= 11 is 1.56. The molecular weight excluding hydrogens is 313 g/mol. The molecule has 1 aromatic carbocycles. The van der Waals surface area contributed by atoms with Gasteiger partial charge in [0.1, 0.15) is 5.82 Å². The molecule has 0 aromatic heterocycles. The molecule has 2 aliphatic rings. The van der Waals surface area contributed by atoms with Gasteiger partial charge < -0.3 is 10.3 Å². The zero-order valence-electron chi connectivity index (χ0n) is 12.9. The van der Waals surface area contributed by atoms with Crippen LogP contribution in [-0.2, 0) is 4.79 Å². The summed E-state index contributed by atoms with van der Waals surface area (Å²) in [5.74, 6) is -0.297. The molecule has 0 saturated heterocycles. The molecule has 0 spiro atoms. The Kier molecular flexibility index (Phi) is 4.61. The molecule has 23 heavy (non-hydrogen) atoms. The van der Waals surface area contributed by atoms with Crippen LogP contribution in [0.25, 0.3) is 5.70 Å². The zero-order chi connectivity index (χ0) is 16.4. The highest BCUT2D eigenvalue weighted by Gasteiger charge is 2.30. The van der Waals surface area contributed by atoms with Crippen LogP contribution in [0.2, 0.25) is 0 Å². The van der Waals surface area contributed by atoms with Crippen LogP contribution < -0.4 is 0 Å². The highest BCUT2D eigenvalue weighted by molar-refractivity contribution is 8.13. The summed E-state index contributed by atoms with van der Waals surface area (Å²) in [7, 11) is 0. The van der Waals surface area contributed by atoms with Crippen molar-refractivity contribution >= 4 is 34.1 Å². The maximum atomic E-state index is 13.1.